The van der Waals surface area contributed by atoms with E-state index in [-0.39, 0.29) is 5.91 Å². The zero-order valence-electron chi connectivity index (χ0n) is 15.6. The van der Waals surface area contributed by atoms with Crippen LogP contribution in [0, 0.1) is 0 Å². The SMILES string of the molecule is COc1ccc2[nH]cc(CCNC(=O)CCCOc3ccc(Cl)cc3Cl)c2c1. The molecule has 0 spiro atoms. The molecule has 0 saturated carbocycles. The van der Waals surface area contributed by atoms with E-state index < -0.39 is 0 Å². The maximum atomic E-state index is 12.0. The van der Waals surface area contributed by atoms with Crippen LogP contribution in [0.5, 0.6) is 11.5 Å². The molecular weight excluding hydrogens is 399 g/mol. The number of aromatic nitrogens is 1. The molecule has 3 aromatic rings. The Hall–Kier alpha value is -2.37. The average Bonchev–Trinajstić information content (AvgIpc) is 3.08. The molecule has 7 heteroatoms. The highest BCUT2D eigenvalue weighted by atomic mass is 35.5. The van der Waals surface area contributed by atoms with Crippen molar-refractivity contribution in [1.29, 1.82) is 0 Å². The maximum Gasteiger partial charge on any atom is 0.220 e. The van der Waals surface area contributed by atoms with Gasteiger partial charge >= 0.3 is 0 Å². The first-order valence-electron chi connectivity index (χ1n) is 9.05. The Balaban J connectivity index is 1.39. The lowest BCUT2D eigenvalue weighted by Gasteiger charge is -2.08. The van der Waals surface area contributed by atoms with Gasteiger partial charge in [0.2, 0.25) is 5.91 Å². The number of carbonyl (C=O) groups is 1. The van der Waals surface area contributed by atoms with Gasteiger partial charge in [-0.1, -0.05) is 23.2 Å². The Morgan fingerprint density at radius 3 is 2.82 bits per heavy atom. The van der Waals surface area contributed by atoms with E-state index in [1.54, 1.807) is 25.3 Å². The van der Waals surface area contributed by atoms with Crippen LogP contribution in [-0.4, -0.2) is 31.2 Å². The van der Waals surface area contributed by atoms with Crippen molar-refractivity contribution in [2.24, 2.45) is 0 Å². The highest BCUT2D eigenvalue weighted by Gasteiger charge is 2.07. The molecule has 148 valence electrons. The van der Waals surface area contributed by atoms with Gasteiger partial charge in [0.1, 0.15) is 11.5 Å². The smallest absolute Gasteiger partial charge is 0.220 e. The van der Waals surface area contributed by atoms with Gasteiger partial charge in [0, 0.05) is 35.1 Å². The highest BCUT2D eigenvalue weighted by Crippen LogP contribution is 2.27. The molecule has 0 aliphatic rings. The maximum absolute atomic E-state index is 12.0. The number of hydrogen-bond donors (Lipinski definition) is 2. The minimum atomic E-state index is 0.00299. The summed E-state index contributed by atoms with van der Waals surface area (Å²) in [5, 5.41) is 5.09. The Morgan fingerprint density at radius 2 is 2.04 bits per heavy atom. The Labute approximate surface area is 173 Å². The highest BCUT2D eigenvalue weighted by molar-refractivity contribution is 6.35. The number of ether oxygens (including phenoxy) is 2. The van der Waals surface area contributed by atoms with Crippen LogP contribution >= 0.6 is 23.2 Å². The van der Waals surface area contributed by atoms with Crippen LogP contribution in [0.4, 0.5) is 0 Å². The zero-order chi connectivity index (χ0) is 19.9. The van der Waals surface area contributed by atoms with Crippen molar-refractivity contribution < 1.29 is 14.3 Å². The molecule has 0 atom stereocenters. The molecule has 0 aliphatic carbocycles. The summed E-state index contributed by atoms with van der Waals surface area (Å²) in [4.78, 5) is 15.3. The predicted octanol–water partition coefficient (Wildman–Crippen LogP) is 5.00. The number of rotatable bonds is 9. The van der Waals surface area contributed by atoms with E-state index in [4.69, 9.17) is 32.7 Å². The molecule has 2 aromatic carbocycles. The van der Waals surface area contributed by atoms with E-state index in [9.17, 15) is 4.79 Å². The topological polar surface area (TPSA) is 63.3 Å². The van der Waals surface area contributed by atoms with Gasteiger partial charge in [0.05, 0.1) is 18.7 Å². The third-order valence-electron chi connectivity index (χ3n) is 4.39. The summed E-state index contributed by atoms with van der Waals surface area (Å²) >= 11 is 11.9. The van der Waals surface area contributed by atoms with Crippen molar-refractivity contribution in [3.05, 3.63) is 58.2 Å². The third kappa shape index (κ3) is 5.33. The summed E-state index contributed by atoms with van der Waals surface area (Å²) in [6.07, 6.45) is 3.72. The molecule has 0 bridgehead atoms. The number of benzene rings is 2. The molecule has 0 fully saturated rings. The van der Waals surface area contributed by atoms with E-state index in [1.165, 1.54) is 0 Å². The quantitative estimate of drug-likeness (QED) is 0.478. The molecular formula is C21H22Cl2N2O3. The van der Waals surface area contributed by atoms with Gasteiger partial charge in [-0.15, -0.1) is 0 Å². The van der Waals surface area contributed by atoms with Crippen LogP contribution in [-0.2, 0) is 11.2 Å². The number of methoxy groups -OCH3 is 1. The van der Waals surface area contributed by atoms with E-state index in [1.807, 2.05) is 24.4 Å². The number of fused-ring (bicyclic) bond motifs is 1. The lowest BCUT2D eigenvalue weighted by molar-refractivity contribution is -0.121. The molecule has 5 nitrogen and oxygen atoms in total. The molecule has 28 heavy (non-hydrogen) atoms. The van der Waals surface area contributed by atoms with Crippen LogP contribution < -0.4 is 14.8 Å². The largest absolute Gasteiger partial charge is 0.497 e. The summed E-state index contributed by atoms with van der Waals surface area (Å²) in [6, 6.07) is 11.0. The first-order chi connectivity index (χ1) is 13.6. The van der Waals surface area contributed by atoms with Crippen LogP contribution in [0.3, 0.4) is 0 Å². The second-order valence-electron chi connectivity index (χ2n) is 6.35. The summed E-state index contributed by atoms with van der Waals surface area (Å²) < 4.78 is 10.9. The van der Waals surface area contributed by atoms with E-state index in [2.05, 4.69) is 10.3 Å². The van der Waals surface area contributed by atoms with Crippen LogP contribution in [0.2, 0.25) is 10.0 Å². The zero-order valence-corrected chi connectivity index (χ0v) is 17.1. The average molecular weight is 421 g/mol. The Kier molecular flexibility index (Phi) is 7.06. The summed E-state index contributed by atoms with van der Waals surface area (Å²) in [5.41, 5.74) is 2.20. The first-order valence-corrected chi connectivity index (χ1v) is 9.81. The third-order valence-corrected chi connectivity index (χ3v) is 4.92. The molecule has 1 aromatic heterocycles. The van der Waals surface area contributed by atoms with E-state index >= 15 is 0 Å². The molecule has 0 unspecified atom stereocenters. The lowest BCUT2D eigenvalue weighted by Crippen LogP contribution is -2.25. The van der Waals surface area contributed by atoms with Gasteiger partial charge in [-0.2, -0.15) is 0 Å². The van der Waals surface area contributed by atoms with Crippen LogP contribution in [0.1, 0.15) is 18.4 Å². The van der Waals surface area contributed by atoms with E-state index in [0.717, 1.165) is 28.6 Å². The lowest BCUT2D eigenvalue weighted by atomic mass is 10.1. The van der Waals surface area contributed by atoms with Crippen molar-refractivity contribution in [1.82, 2.24) is 10.3 Å². The van der Waals surface area contributed by atoms with Crippen molar-refractivity contribution >= 4 is 40.0 Å². The summed E-state index contributed by atoms with van der Waals surface area (Å²) in [7, 11) is 1.65. The van der Waals surface area contributed by atoms with Gasteiger partial charge in [-0.3, -0.25) is 4.79 Å². The monoisotopic (exact) mass is 420 g/mol. The number of nitrogens with one attached hydrogen (secondary N) is 2. The molecule has 1 heterocycles. The molecule has 3 rings (SSSR count). The number of carbonyl (C=O) groups excluding carboxylic acids is 1. The number of halogens is 2. The second-order valence-corrected chi connectivity index (χ2v) is 7.20. The van der Waals surface area contributed by atoms with Gasteiger partial charge < -0.3 is 19.8 Å². The minimum absolute atomic E-state index is 0.00299. The summed E-state index contributed by atoms with van der Waals surface area (Å²) in [5.74, 6) is 1.39. The van der Waals surface area contributed by atoms with Crippen LogP contribution in [0.25, 0.3) is 10.9 Å². The number of aromatic amines is 1. The van der Waals surface area contributed by atoms with Crippen molar-refractivity contribution in [2.75, 3.05) is 20.3 Å². The molecule has 0 saturated heterocycles. The van der Waals surface area contributed by atoms with E-state index in [0.29, 0.717) is 41.8 Å². The fourth-order valence-electron chi connectivity index (χ4n) is 2.92. The molecule has 1 amide bonds. The first kappa shape index (κ1) is 20.4. The Morgan fingerprint density at radius 1 is 1.18 bits per heavy atom. The molecule has 2 N–H and O–H groups in total. The second kappa shape index (κ2) is 9.71. The summed E-state index contributed by atoms with van der Waals surface area (Å²) in [6.45, 7) is 0.990. The minimum Gasteiger partial charge on any atom is -0.497 e. The Bertz CT molecular complexity index is 956. The number of H-pyrrole nitrogens is 1. The van der Waals surface area contributed by atoms with Crippen molar-refractivity contribution in [2.45, 2.75) is 19.3 Å². The van der Waals surface area contributed by atoms with Crippen molar-refractivity contribution in [3.63, 3.8) is 0 Å². The van der Waals surface area contributed by atoms with Gasteiger partial charge in [0.15, 0.2) is 0 Å². The normalized spacial score (nSPS) is 10.8. The number of amides is 1. The molecule has 0 aliphatic heterocycles. The van der Waals surface area contributed by atoms with Crippen molar-refractivity contribution in [3.8, 4) is 11.5 Å². The van der Waals surface area contributed by atoms with Gasteiger partial charge in [-0.05, 0) is 54.8 Å². The van der Waals surface area contributed by atoms with Crippen LogP contribution in [0.15, 0.2) is 42.6 Å². The number of hydrogen-bond acceptors (Lipinski definition) is 3. The predicted molar refractivity (Wildman–Crippen MR) is 113 cm³/mol. The molecule has 0 radical (unpaired) electrons. The van der Waals surface area contributed by atoms with Gasteiger partial charge in [-0.25, -0.2) is 0 Å². The fourth-order valence-corrected chi connectivity index (χ4v) is 3.39. The standard InChI is InChI=1S/C21H22Cl2N2O3/c1-27-16-5-6-19-17(12-16)14(13-25-19)8-9-24-21(26)3-2-10-28-20-7-4-15(22)11-18(20)23/h4-7,11-13,25H,2-3,8-10H2,1H3,(H,24,26). The van der Waals surface area contributed by atoms with Gasteiger partial charge in [0.25, 0.3) is 0 Å². The fraction of sp³-hybridized carbons (Fsp3) is 0.286.